The van der Waals surface area contributed by atoms with E-state index in [0.29, 0.717) is 24.7 Å². The molecule has 1 aliphatic rings. The lowest BCUT2D eigenvalue weighted by Crippen LogP contribution is -2.44. The molecule has 0 spiro atoms. The van der Waals surface area contributed by atoms with Crippen LogP contribution in [0.4, 0.5) is 11.6 Å². The van der Waals surface area contributed by atoms with Gasteiger partial charge in [0.05, 0.1) is 12.2 Å². The Balaban J connectivity index is 1.81. The Kier molecular flexibility index (Phi) is 7.96. The second-order valence-electron chi connectivity index (χ2n) is 9.96. The van der Waals surface area contributed by atoms with Crippen molar-refractivity contribution in [2.24, 2.45) is 18.7 Å². The fourth-order valence-electron chi connectivity index (χ4n) is 4.66. The number of amides is 1. The third-order valence-corrected chi connectivity index (χ3v) is 6.79. The van der Waals surface area contributed by atoms with Gasteiger partial charge in [-0.25, -0.2) is 4.79 Å². The summed E-state index contributed by atoms with van der Waals surface area (Å²) in [5.74, 6) is -0.412. The number of ketones is 1. The molecular weight excluding hydrogens is 486 g/mol. The second-order valence-corrected chi connectivity index (χ2v) is 9.96. The number of piperidine rings is 1. The number of carbonyl (C=O) groups excluding carboxylic acids is 2. The first-order valence-electron chi connectivity index (χ1n) is 12.9. The number of para-hydroxylation sites is 1. The molecule has 3 aromatic rings. The van der Waals surface area contributed by atoms with Crippen molar-refractivity contribution < 1.29 is 9.59 Å². The molecule has 11 heteroatoms. The number of allylic oxidation sites excluding steroid dienone is 2. The maximum Gasteiger partial charge on any atom is 0.332 e. The van der Waals surface area contributed by atoms with Crippen molar-refractivity contribution in [2.75, 3.05) is 23.3 Å². The molecule has 0 saturated carbocycles. The first-order valence-corrected chi connectivity index (χ1v) is 12.9. The van der Waals surface area contributed by atoms with Crippen molar-refractivity contribution in [1.82, 2.24) is 18.7 Å². The van der Waals surface area contributed by atoms with E-state index < -0.39 is 23.6 Å². The predicted octanol–water partition coefficient (Wildman–Crippen LogP) is 1.88. The Morgan fingerprint density at radius 2 is 1.95 bits per heavy atom. The van der Waals surface area contributed by atoms with Crippen molar-refractivity contribution in [3.8, 4) is 0 Å². The average molecular weight is 522 g/mol. The minimum atomic E-state index is -0.642. The van der Waals surface area contributed by atoms with E-state index in [0.717, 1.165) is 24.0 Å². The summed E-state index contributed by atoms with van der Waals surface area (Å²) in [6.07, 6.45) is 5.60. The van der Waals surface area contributed by atoms with Gasteiger partial charge in [-0.3, -0.25) is 23.5 Å². The Morgan fingerprint density at radius 3 is 2.63 bits per heavy atom. The summed E-state index contributed by atoms with van der Waals surface area (Å²) < 4.78 is 4.02. The summed E-state index contributed by atoms with van der Waals surface area (Å²) in [6, 6.07) is 6.56. The lowest BCUT2D eigenvalue weighted by molar-refractivity contribution is -0.118. The highest BCUT2D eigenvalue weighted by Crippen LogP contribution is 2.23. The van der Waals surface area contributed by atoms with Gasteiger partial charge in [-0.2, -0.15) is 4.98 Å². The van der Waals surface area contributed by atoms with Gasteiger partial charge >= 0.3 is 5.69 Å². The van der Waals surface area contributed by atoms with Crippen molar-refractivity contribution in [2.45, 2.75) is 52.7 Å². The van der Waals surface area contributed by atoms with Crippen LogP contribution in [-0.4, -0.2) is 49.5 Å². The van der Waals surface area contributed by atoms with Gasteiger partial charge in [-0.1, -0.05) is 38.1 Å². The van der Waals surface area contributed by atoms with Crippen LogP contribution < -0.4 is 27.2 Å². The lowest BCUT2D eigenvalue weighted by atomic mass is 10.1. The number of hydrogen-bond acceptors (Lipinski definition) is 7. The first-order chi connectivity index (χ1) is 18.1. The van der Waals surface area contributed by atoms with Crippen molar-refractivity contribution in [1.29, 1.82) is 0 Å². The molecule has 0 unspecified atom stereocenters. The minimum Gasteiger partial charge on any atom is -0.341 e. The topological polar surface area (TPSA) is 137 Å². The average Bonchev–Trinajstić information content (AvgIpc) is 3.28. The molecule has 4 rings (SSSR count). The number of hydrogen-bond donors (Lipinski definition) is 2. The van der Waals surface area contributed by atoms with E-state index in [1.54, 1.807) is 49.7 Å². The van der Waals surface area contributed by atoms with E-state index in [1.165, 1.54) is 4.57 Å². The summed E-state index contributed by atoms with van der Waals surface area (Å²) >= 11 is 0. The van der Waals surface area contributed by atoms with Crippen LogP contribution in [0, 0.1) is 5.92 Å². The van der Waals surface area contributed by atoms with Crippen LogP contribution in [-0.2, 0) is 24.9 Å². The quantitative estimate of drug-likeness (QED) is 0.341. The van der Waals surface area contributed by atoms with Gasteiger partial charge < -0.3 is 20.5 Å². The molecule has 202 valence electrons. The number of fused-ring (bicyclic) bond motifs is 1. The second kappa shape index (κ2) is 11.2. The molecule has 1 amide bonds. The number of carbonyl (C=O) groups is 2. The van der Waals surface area contributed by atoms with Crippen molar-refractivity contribution in [3.63, 3.8) is 0 Å². The number of benzene rings is 1. The monoisotopic (exact) mass is 521 g/mol. The van der Waals surface area contributed by atoms with Crippen LogP contribution in [0.3, 0.4) is 0 Å². The molecule has 11 nitrogen and oxygen atoms in total. The SMILES string of the molecule is CC=CCn1c(N2CCC[C@@H](N)C2)nc2c1c(=O)n(CC(=O)c1ccccc1NC(=O)C(C)C)c(=O)n2C. The zero-order chi connectivity index (χ0) is 27.6. The number of anilines is 2. The highest BCUT2D eigenvalue weighted by atomic mass is 16.2. The highest BCUT2D eigenvalue weighted by Gasteiger charge is 2.27. The molecule has 0 radical (unpaired) electrons. The summed E-state index contributed by atoms with van der Waals surface area (Å²) in [6.45, 7) is 6.62. The largest absolute Gasteiger partial charge is 0.341 e. The smallest absolute Gasteiger partial charge is 0.332 e. The highest BCUT2D eigenvalue weighted by molar-refractivity contribution is 6.05. The molecule has 2 aromatic heterocycles. The van der Waals surface area contributed by atoms with E-state index in [-0.39, 0.29) is 34.6 Å². The minimum absolute atomic E-state index is 0.00640. The van der Waals surface area contributed by atoms with Crippen LogP contribution >= 0.6 is 0 Å². The maximum atomic E-state index is 13.8. The zero-order valence-corrected chi connectivity index (χ0v) is 22.3. The Hall–Kier alpha value is -3.99. The number of aryl methyl sites for hydroxylation is 1. The number of Topliss-reactive ketones (excluding diaryl/α,β-unsaturated/α-hetero) is 1. The molecule has 1 fully saturated rings. The number of imidazole rings is 1. The number of nitrogens with zero attached hydrogens (tertiary/aromatic N) is 5. The van der Waals surface area contributed by atoms with E-state index in [4.69, 9.17) is 10.7 Å². The van der Waals surface area contributed by atoms with Gasteiger partial charge in [0.1, 0.15) is 0 Å². The van der Waals surface area contributed by atoms with Crippen LogP contribution in [0.2, 0.25) is 0 Å². The summed E-state index contributed by atoms with van der Waals surface area (Å²) in [7, 11) is 1.54. The zero-order valence-electron chi connectivity index (χ0n) is 22.3. The van der Waals surface area contributed by atoms with Gasteiger partial charge in [0.15, 0.2) is 16.9 Å². The summed E-state index contributed by atoms with van der Waals surface area (Å²) in [5.41, 5.74) is 6.03. The Bertz CT molecular complexity index is 1510. The fraction of sp³-hybridized carbons (Fsp3) is 0.444. The summed E-state index contributed by atoms with van der Waals surface area (Å²) in [5, 5.41) is 2.75. The molecule has 38 heavy (non-hydrogen) atoms. The molecule has 3 heterocycles. The van der Waals surface area contributed by atoms with Gasteiger partial charge in [0, 0.05) is 44.2 Å². The van der Waals surface area contributed by atoms with Gasteiger partial charge in [-0.15, -0.1) is 0 Å². The maximum absolute atomic E-state index is 13.8. The Morgan fingerprint density at radius 1 is 1.21 bits per heavy atom. The predicted molar refractivity (Wildman–Crippen MR) is 148 cm³/mol. The van der Waals surface area contributed by atoms with Crippen LogP contribution in [0.1, 0.15) is 44.0 Å². The van der Waals surface area contributed by atoms with Crippen LogP contribution in [0.15, 0.2) is 46.0 Å². The molecule has 0 aliphatic carbocycles. The molecule has 3 N–H and O–H groups in total. The van der Waals surface area contributed by atoms with Gasteiger partial charge in [-0.05, 0) is 31.9 Å². The third kappa shape index (κ3) is 5.19. The van der Waals surface area contributed by atoms with Gasteiger partial charge in [0.25, 0.3) is 5.56 Å². The number of nitrogens with one attached hydrogen (secondary N) is 1. The molecule has 1 saturated heterocycles. The van der Waals surface area contributed by atoms with E-state index in [9.17, 15) is 19.2 Å². The number of nitrogens with two attached hydrogens (primary N) is 1. The first kappa shape index (κ1) is 27.1. The third-order valence-electron chi connectivity index (χ3n) is 6.79. The number of rotatable bonds is 8. The van der Waals surface area contributed by atoms with E-state index in [1.807, 2.05) is 24.0 Å². The van der Waals surface area contributed by atoms with Gasteiger partial charge in [0.2, 0.25) is 11.9 Å². The fourth-order valence-corrected chi connectivity index (χ4v) is 4.66. The Labute approximate surface area is 220 Å². The van der Waals surface area contributed by atoms with E-state index >= 15 is 0 Å². The van der Waals surface area contributed by atoms with E-state index in [2.05, 4.69) is 5.32 Å². The van der Waals surface area contributed by atoms with Crippen LogP contribution in [0.5, 0.6) is 0 Å². The van der Waals surface area contributed by atoms with Crippen molar-refractivity contribution in [3.05, 3.63) is 62.8 Å². The van der Waals surface area contributed by atoms with Crippen LogP contribution in [0.25, 0.3) is 11.2 Å². The van der Waals surface area contributed by atoms with Crippen molar-refractivity contribution >= 4 is 34.5 Å². The molecule has 1 aliphatic heterocycles. The molecule has 1 atom stereocenters. The lowest BCUT2D eigenvalue weighted by Gasteiger charge is -2.31. The summed E-state index contributed by atoms with van der Waals surface area (Å²) in [4.78, 5) is 59.4. The normalized spacial score (nSPS) is 16.1. The molecule has 0 bridgehead atoms. The number of aromatic nitrogens is 4. The molecule has 1 aromatic carbocycles. The standard InChI is InChI=1S/C27H35N7O4/c1-5-6-14-33-22-23(30-26(33)32-13-9-10-18(28)15-32)31(4)27(38)34(25(22)37)16-21(35)19-11-7-8-12-20(19)29-24(36)17(2)3/h5-8,11-12,17-18H,9-10,13-16,28H2,1-4H3,(H,29,36)/t18-/m1/s1. The molecular formula is C27H35N7O4.